The largest absolute Gasteiger partial charge is 0.380 e. The molecule has 1 aromatic rings. The van der Waals surface area contributed by atoms with Crippen LogP contribution in [0.1, 0.15) is 32.1 Å². The molecule has 0 saturated heterocycles. The Labute approximate surface area is 103 Å². The molecule has 0 aliphatic heterocycles. The number of nitrogens with one attached hydrogen (secondary N) is 1. The molecular weight excluding hydrogens is 218 g/mol. The van der Waals surface area contributed by atoms with Gasteiger partial charge < -0.3 is 10.1 Å². The van der Waals surface area contributed by atoms with Crippen LogP contribution in [0.5, 0.6) is 0 Å². The summed E-state index contributed by atoms with van der Waals surface area (Å²) in [5.41, 5.74) is 0.379. The second-order valence-electron chi connectivity index (χ2n) is 5.18. The first kappa shape index (κ1) is 13.7. The third-order valence-corrected chi connectivity index (χ3v) is 3.18. The average molecular weight is 241 g/mol. The van der Waals surface area contributed by atoms with Crippen molar-refractivity contribution in [2.45, 2.75) is 33.7 Å². The maximum atomic E-state index is 5.57. The molecule has 0 radical (unpaired) electrons. The van der Waals surface area contributed by atoms with Gasteiger partial charge in [0.05, 0.1) is 6.61 Å². The molecular formula is C13H23NOS. The van der Waals surface area contributed by atoms with E-state index < -0.39 is 0 Å². The van der Waals surface area contributed by atoms with Crippen molar-refractivity contribution in [1.29, 1.82) is 0 Å². The monoisotopic (exact) mass is 241 g/mol. The fourth-order valence-electron chi connectivity index (χ4n) is 1.25. The van der Waals surface area contributed by atoms with E-state index in [9.17, 15) is 0 Å². The lowest BCUT2D eigenvalue weighted by molar-refractivity contribution is 0.110. The molecule has 2 nitrogen and oxygen atoms in total. The summed E-state index contributed by atoms with van der Waals surface area (Å²) in [5, 5.41) is 5.48. The van der Waals surface area contributed by atoms with Crippen molar-refractivity contribution in [2.24, 2.45) is 5.41 Å². The van der Waals surface area contributed by atoms with Crippen LogP contribution in [-0.2, 0) is 11.3 Å². The smallest absolute Gasteiger partial charge is 0.0591 e. The van der Waals surface area contributed by atoms with E-state index >= 15 is 0 Å². The molecule has 1 aromatic heterocycles. The second-order valence-corrected chi connectivity index (χ2v) is 6.21. The van der Waals surface area contributed by atoms with E-state index in [-0.39, 0.29) is 0 Å². The molecule has 0 spiro atoms. The van der Waals surface area contributed by atoms with Gasteiger partial charge in [-0.1, -0.05) is 26.8 Å². The summed E-state index contributed by atoms with van der Waals surface area (Å²) >= 11 is 1.79. The molecule has 16 heavy (non-hydrogen) atoms. The van der Waals surface area contributed by atoms with E-state index in [1.54, 1.807) is 11.3 Å². The second kappa shape index (κ2) is 7.05. The zero-order valence-electron chi connectivity index (χ0n) is 10.6. The van der Waals surface area contributed by atoms with Gasteiger partial charge >= 0.3 is 0 Å². The van der Waals surface area contributed by atoms with Crippen molar-refractivity contribution in [3.63, 3.8) is 0 Å². The minimum Gasteiger partial charge on any atom is -0.380 e. The third-order valence-electron chi connectivity index (χ3n) is 2.30. The molecule has 0 saturated carbocycles. The Kier molecular flexibility index (Phi) is 6.03. The zero-order chi connectivity index (χ0) is 11.9. The lowest BCUT2D eigenvalue weighted by Gasteiger charge is -2.17. The normalized spacial score (nSPS) is 11.9. The molecule has 0 aliphatic carbocycles. The highest BCUT2D eigenvalue weighted by Gasteiger charge is 2.08. The van der Waals surface area contributed by atoms with Crippen LogP contribution in [0.15, 0.2) is 17.5 Å². The van der Waals surface area contributed by atoms with Crippen LogP contribution < -0.4 is 5.32 Å². The van der Waals surface area contributed by atoms with Crippen molar-refractivity contribution < 1.29 is 4.74 Å². The number of hydrogen-bond donors (Lipinski definition) is 1. The Balaban J connectivity index is 1.89. The van der Waals surface area contributed by atoms with E-state index in [1.165, 1.54) is 4.88 Å². The fraction of sp³-hybridized carbons (Fsp3) is 0.692. The van der Waals surface area contributed by atoms with Gasteiger partial charge in [0.15, 0.2) is 0 Å². The molecule has 3 heteroatoms. The molecule has 0 aromatic carbocycles. The highest BCUT2D eigenvalue weighted by atomic mass is 32.1. The van der Waals surface area contributed by atoms with E-state index in [0.29, 0.717) is 5.41 Å². The Hall–Kier alpha value is -0.380. The summed E-state index contributed by atoms with van der Waals surface area (Å²) in [4.78, 5) is 1.38. The first-order valence-corrected chi connectivity index (χ1v) is 6.77. The fourth-order valence-corrected chi connectivity index (χ4v) is 1.92. The zero-order valence-corrected chi connectivity index (χ0v) is 11.4. The topological polar surface area (TPSA) is 21.3 Å². The van der Waals surface area contributed by atoms with Gasteiger partial charge in [-0.3, -0.25) is 0 Å². The molecule has 0 fully saturated rings. The Morgan fingerprint density at radius 3 is 2.75 bits per heavy atom. The van der Waals surface area contributed by atoms with Crippen molar-refractivity contribution in [3.8, 4) is 0 Å². The Morgan fingerprint density at radius 1 is 1.31 bits per heavy atom. The quantitative estimate of drug-likeness (QED) is 0.740. The molecule has 1 heterocycles. The molecule has 92 valence electrons. The summed E-state index contributed by atoms with van der Waals surface area (Å²) in [5.74, 6) is 0. The van der Waals surface area contributed by atoms with Gasteiger partial charge in [-0.15, -0.1) is 11.3 Å². The van der Waals surface area contributed by atoms with Gasteiger partial charge in [0, 0.05) is 24.6 Å². The number of rotatable bonds is 7. The molecule has 0 amide bonds. The number of ether oxygens (including phenoxy) is 1. The standard InChI is InChI=1S/C13H23NOS/c1-13(2,3)6-8-15-9-7-14-11-12-5-4-10-16-12/h4-5,10,14H,6-9,11H2,1-3H3. The van der Waals surface area contributed by atoms with Crippen LogP contribution in [0.4, 0.5) is 0 Å². The van der Waals surface area contributed by atoms with Crippen LogP contribution in [0, 0.1) is 5.41 Å². The van der Waals surface area contributed by atoms with Crippen LogP contribution in [-0.4, -0.2) is 19.8 Å². The first-order chi connectivity index (χ1) is 7.58. The summed E-state index contributed by atoms with van der Waals surface area (Å²) in [6.45, 7) is 10.3. The molecule has 0 atom stereocenters. The Morgan fingerprint density at radius 2 is 2.12 bits per heavy atom. The van der Waals surface area contributed by atoms with Crippen LogP contribution in [0.2, 0.25) is 0 Å². The van der Waals surface area contributed by atoms with Crippen molar-refractivity contribution in [2.75, 3.05) is 19.8 Å². The SMILES string of the molecule is CC(C)(C)CCOCCNCc1cccs1. The molecule has 1 rings (SSSR count). The predicted molar refractivity (Wildman–Crippen MR) is 70.9 cm³/mol. The average Bonchev–Trinajstić information content (AvgIpc) is 2.67. The lowest BCUT2D eigenvalue weighted by atomic mass is 9.93. The highest BCUT2D eigenvalue weighted by Crippen LogP contribution is 2.17. The molecule has 0 aliphatic rings. The minimum absolute atomic E-state index is 0.379. The Bertz CT molecular complexity index is 264. The maximum absolute atomic E-state index is 5.57. The molecule has 0 unspecified atom stereocenters. The molecule has 1 N–H and O–H groups in total. The van der Waals surface area contributed by atoms with Crippen LogP contribution in [0.25, 0.3) is 0 Å². The highest BCUT2D eigenvalue weighted by molar-refractivity contribution is 7.09. The summed E-state index contributed by atoms with van der Waals surface area (Å²) in [7, 11) is 0. The van der Waals surface area contributed by atoms with Crippen molar-refractivity contribution >= 4 is 11.3 Å². The van der Waals surface area contributed by atoms with Crippen LogP contribution in [0.3, 0.4) is 0 Å². The van der Waals surface area contributed by atoms with Crippen LogP contribution >= 0.6 is 11.3 Å². The third kappa shape index (κ3) is 6.99. The van der Waals surface area contributed by atoms with Gasteiger partial charge in [0.25, 0.3) is 0 Å². The van der Waals surface area contributed by atoms with Gasteiger partial charge in [-0.2, -0.15) is 0 Å². The minimum atomic E-state index is 0.379. The van der Waals surface area contributed by atoms with Crippen molar-refractivity contribution in [1.82, 2.24) is 5.32 Å². The number of thiophene rings is 1. The predicted octanol–water partition coefficient (Wildman–Crippen LogP) is 3.29. The van der Waals surface area contributed by atoms with Gasteiger partial charge in [0.2, 0.25) is 0 Å². The summed E-state index contributed by atoms with van der Waals surface area (Å²) < 4.78 is 5.57. The van der Waals surface area contributed by atoms with Gasteiger partial charge in [-0.25, -0.2) is 0 Å². The van der Waals surface area contributed by atoms with Gasteiger partial charge in [-0.05, 0) is 23.3 Å². The van der Waals surface area contributed by atoms with E-state index in [1.807, 2.05) is 0 Å². The maximum Gasteiger partial charge on any atom is 0.0591 e. The van der Waals surface area contributed by atoms with Crippen molar-refractivity contribution in [3.05, 3.63) is 22.4 Å². The van der Waals surface area contributed by atoms with E-state index in [2.05, 4.69) is 43.6 Å². The van der Waals surface area contributed by atoms with E-state index in [4.69, 9.17) is 4.74 Å². The number of hydrogen-bond acceptors (Lipinski definition) is 3. The first-order valence-electron chi connectivity index (χ1n) is 5.89. The van der Waals surface area contributed by atoms with E-state index in [0.717, 1.165) is 32.7 Å². The van der Waals surface area contributed by atoms with Gasteiger partial charge in [0.1, 0.15) is 0 Å². The summed E-state index contributed by atoms with van der Waals surface area (Å²) in [6, 6.07) is 4.24. The molecule has 0 bridgehead atoms. The summed E-state index contributed by atoms with van der Waals surface area (Å²) in [6.07, 6.45) is 1.12. The lowest BCUT2D eigenvalue weighted by Crippen LogP contribution is -2.20.